The highest BCUT2D eigenvalue weighted by atomic mass is 35.5. The first-order valence-electron chi connectivity index (χ1n) is 10.0. The number of benzene rings is 3. The molecule has 7 nitrogen and oxygen atoms in total. The highest BCUT2D eigenvalue weighted by molar-refractivity contribution is 7.92. The lowest BCUT2D eigenvalue weighted by molar-refractivity contribution is 0.0600. The fraction of sp³-hybridized carbons (Fsp3) is 0.174. The molecule has 0 unspecified atom stereocenters. The number of rotatable bonds is 9. The highest BCUT2D eigenvalue weighted by Gasteiger charge is 2.30. The number of sulfonamides is 1. The first-order chi connectivity index (χ1) is 17.0. The summed E-state index contributed by atoms with van der Waals surface area (Å²) in [7, 11) is -4.00. The number of nitrogens with one attached hydrogen (secondary N) is 1. The van der Waals surface area contributed by atoms with Crippen LogP contribution >= 0.6 is 11.6 Å². The van der Waals surface area contributed by atoms with Crippen molar-refractivity contribution in [1.29, 1.82) is 0 Å². The van der Waals surface area contributed by atoms with Gasteiger partial charge in [0.15, 0.2) is 0 Å². The number of anilines is 1. The number of aliphatic hydroxyl groups excluding tert-OH is 1. The Morgan fingerprint density at radius 3 is 2.42 bits per heavy atom. The lowest BCUT2D eigenvalue weighted by Crippen LogP contribution is -2.18. The largest absolute Gasteiger partial charge is 0.491 e. The second kappa shape index (κ2) is 11.1. The molecule has 3 aromatic rings. The number of esters is 1. The third-order valence-electron chi connectivity index (χ3n) is 4.85. The van der Waals surface area contributed by atoms with E-state index < -0.39 is 60.8 Å². The Morgan fingerprint density at radius 2 is 1.78 bits per heavy atom. The van der Waals surface area contributed by atoms with Crippen LogP contribution in [0.3, 0.4) is 0 Å². The number of para-hydroxylation sites is 1. The predicted molar refractivity (Wildman–Crippen MR) is 123 cm³/mol. The van der Waals surface area contributed by atoms with Crippen molar-refractivity contribution in [1.82, 2.24) is 0 Å². The number of hydrogen-bond acceptors (Lipinski definition) is 6. The Labute approximate surface area is 208 Å². The van der Waals surface area contributed by atoms with E-state index in [2.05, 4.69) is 4.74 Å². The van der Waals surface area contributed by atoms with Crippen molar-refractivity contribution in [2.24, 2.45) is 0 Å². The van der Waals surface area contributed by atoms with Crippen molar-refractivity contribution >= 4 is 33.3 Å². The molecule has 0 saturated carbocycles. The number of carbonyl (C=O) groups excluding carboxylic acids is 1. The Balaban J connectivity index is 2.14. The van der Waals surface area contributed by atoms with Crippen molar-refractivity contribution < 1.29 is 45.4 Å². The number of methoxy groups -OCH3 is 1. The van der Waals surface area contributed by atoms with Crippen molar-refractivity contribution in [2.45, 2.75) is 11.3 Å². The number of hydrogen-bond donors (Lipinski definition) is 2. The lowest BCUT2D eigenvalue weighted by atomic mass is 10.0. The van der Waals surface area contributed by atoms with Crippen molar-refractivity contribution in [3.63, 3.8) is 0 Å². The van der Waals surface area contributed by atoms with Crippen LogP contribution < -0.4 is 9.46 Å². The van der Waals surface area contributed by atoms with E-state index in [0.29, 0.717) is 12.1 Å². The van der Waals surface area contributed by atoms with Gasteiger partial charge in [0.2, 0.25) is 0 Å². The van der Waals surface area contributed by atoms with Gasteiger partial charge in [0, 0.05) is 17.2 Å². The lowest BCUT2D eigenvalue weighted by Gasteiger charge is -2.17. The minimum Gasteiger partial charge on any atom is -0.491 e. The molecule has 0 aliphatic rings. The quantitative estimate of drug-likeness (QED) is 0.283. The Bertz CT molecular complexity index is 1400. The van der Waals surface area contributed by atoms with Crippen LogP contribution in [-0.2, 0) is 14.8 Å². The zero-order valence-corrected chi connectivity index (χ0v) is 20.0. The third kappa shape index (κ3) is 5.72. The number of carbonyl (C=O) groups is 1. The van der Waals surface area contributed by atoms with Crippen LogP contribution in [0.15, 0.2) is 53.4 Å². The smallest absolute Gasteiger partial charge is 0.337 e. The fourth-order valence-corrected chi connectivity index (χ4v) is 4.95. The average Bonchev–Trinajstić information content (AvgIpc) is 2.83. The molecule has 0 radical (unpaired) electrons. The maximum absolute atomic E-state index is 14.7. The molecule has 0 fully saturated rings. The molecule has 0 saturated heterocycles. The summed E-state index contributed by atoms with van der Waals surface area (Å²) in [6.07, 6.45) is -3.38. The molecule has 192 valence electrons. The molecule has 36 heavy (non-hydrogen) atoms. The minimum atomic E-state index is -4.98. The third-order valence-corrected chi connectivity index (χ3v) is 6.57. The summed E-state index contributed by atoms with van der Waals surface area (Å²) < 4.78 is 94.5. The summed E-state index contributed by atoms with van der Waals surface area (Å²) in [5.41, 5.74) is -2.51. The summed E-state index contributed by atoms with van der Waals surface area (Å²) in [6.45, 7) is -0.474. The van der Waals surface area contributed by atoms with E-state index in [0.717, 1.165) is 19.2 Å². The van der Waals surface area contributed by atoms with Crippen LogP contribution in [0, 0.1) is 11.6 Å². The van der Waals surface area contributed by atoms with Gasteiger partial charge in [-0.15, -0.1) is 0 Å². The van der Waals surface area contributed by atoms with Gasteiger partial charge >= 0.3 is 5.97 Å². The Kier molecular flexibility index (Phi) is 8.43. The zero-order chi connectivity index (χ0) is 26.6. The van der Waals surface area contributed by atoms with Crippen molar-refractivity contribution in [2.75, 3.05) is 25.0 Å². The molecule has 0 spiro atoms. The number of alkyl halides is 2. The molecule has 0 aromatic heterocycles. The first-order valence-corrected chi connectivity index (χ1v) is 11.9. The Hall–Kier alpha value is -3.35. The van der Waals surface area contributed by atoms with Gasteiger partial charge in [-0.1, -0.05) is 29.8 Å². The van der Waals surface area contributed by atoms with Gasteiger partial charge in [-0.25, -0.2) is 30.8 Å². The molecule has 0 bridgehead atoms. The molecule has 0 atom stereocenters. The molecule has 0 aliphatic heterocycles. The van der Waals surface area contributed by atoms with E-state index in [1.165, 1.54) is 18.2 Å². The SMILES string of the molecule is COC(=O)c1cc(Cl)c(C(F)F)c(S(=O)(=O)Nc2cc(-c3ccccc3OCCO)c(F)cc2F)c1. The molecule has 2 N–H and O–H groups in total. The number of ether oxygens (including phenoxy) is 2. The summed E-state index contributed by atoms with van der Waals surface area (Å²) >= 11 is 5.82. The van der Waals surface area contributed by atoms with E-state index in [1.54, 1.807) is 6.07 Å². The summed E-state index contributed by atoms with van der Waals surface area (Å²) in [5.74, 6) is -3.35. The monoisotopic (exact) mass is 547 g/mol. The molecule has 0 amide bonds. The Morgan fingerprint density at radius 1 is 1.08 bits per heavy atom. The first kappa shape index (κ1) is 27.2. The molecular weight excluding hydrogens is 530 g/mol. The maximum atomic E-state index is 14.7. The van der Waals surface area contributed by atoms with E-state index in [4.69, 9.17) is 21.4 Å². The normalized spacial score (nSPS) is 11.4. The zero-order valence-electron chi connectivity index (χ0n) is 18.4. The number of halogens is 5. The van der Waals surface area contributed by atoms with Gasteiger partial charge in [-0.05, 0) is 24.3 Å². The highest BCUT2D eigenvalue weighted by Crippen LogP contribution is 2.38. The molecule has 0 heterocycles. The van der Waals surface area contributed by atoms with E-state index in [-0.39, 0.29) is 30.1 Å². The van der Waals surface area contributed by atoms with Crippen LogP contribution in [0.4, 0.5) is 23.2 Å². The van der Waals surface area contributed by atoms with E-state index >= 15 is 0 Å². The average molecular weight is 548 g/mol. The van der Waals surface area contributed by atoms with Gasteiger partial charge in [0.05, 0.1) is 40.4 Å². The number of aliphatic hydroxyl groups is 1. The van der Waals surface area contributed by atoms with Crippen LogP contribution in [0.5, 0.6) is 5.75 Å². The van der Waals surface area contributed by atoms with E-state index in [1.807, 2.05) is 4.72 Å². The molecule has 13 heteroatoms. The van der Waals surface area contributed by atoms with Gasteiger partial charge in [0.1, 0.15) is 24.0 Å². The predicted octanol–water partition coefficient (Wildman–Crippen LogP) is 5.18. The summed E-state index contributed by atoms with van der Waals surface area (Å²) in [5, 5.41) is 8.26. The van der Waals surface area contributed by atoms with Crippen molar-refractivity contribution in [3.05, 3.63) is 76.3 Å². The van der Waals surface area contributed by atoms with Gasteiger partial charge in [0.25, 0.3) is 16.4 Å². The van der Waals surface area contributed by atoms with E-state index in [9.17, 15) is 30.8 Å². The second-order valence-electron chi connectivity index (χ2n) is 7.15. The van der Waals surface area contributed by atoms with Crippen LogP contribution in [0.2, 0.25) is 5.02 Å². The second-order valence-corrected chi connectivity index (χ2v) is 9.21. The van der Waals surface area contributed by atoms with Crippen LogP contribution in [-0.4, -0.2) is 39.8 Å². The minimum absolute atomic E-state index is 0.105. The maximum Gasteiger partial charge on any atom is 0.337 e. The molecular formula is C23H18ClF4NO6S. The van der Waals surface area contributed by atoms with Gasteiger partial charge in [-0.2, -0.15) is 0 Å². The van der Waals surface area contributed by atoms with Crippen LogP contribution in [0.25, 0.3) is 11.1 Å². The standard InChI is InChI=1S/C23H18ClF4NO6S/c1-34-23(31)12-8-15(24)21(22(27)28)20(9-12)36(32,33)29-18-10-14(16(25)11-17(18)26)13-4-2-3-5-19(13)35-7-6-30/h2-5,8-11,22,29-30H,6-7H2,1H3. The molecule has 3 rings (SSSR count). The molecule has 0 aliphatic carbocycles. The molecule has 3 aromatic carbocycles. The van der Waals surface area contributed by atoms with Crippen LogP contribution in [0.1, 0.15) is 22.3 Å². The summed E-state index contributed by atoms with van der Waals surface area (Å²) in [4.78, 5) is 10.8. The van der Waals surface area contributed by atoms with Gasteiger partial charge < -0.3 is 14.6 Å². The van der Waals surface area contributed by atoms with Crippen molar-refractivity contribution in [3.8, 4) is 16.9 Å². The summed E-state index contributed by atoms with van der Waals surface area (Å²) in [6, 6.07) is 8.59. The topological polar surface area (TPSA) is 102 Å². The fourth-order valence-electron chi connectivity index (χ4n) is 3.27. The van der Waals surface area contributed by atoms with Gasteiger partial charge in [-0.3, -0.25) is 4.72 Å².